The second-order valence-electron chi connectivity index (χ2n) is 3.95. The summed E-state index contributed by atoms with van der Waals surface area (Å²) < 4.78 is 31.9. The fourth-order valence-electron chi connectivity index (χ4n) is 2.62. The van der Waals surface area contributed by atoms with Gasteiger partial charge in [-0.15, -0.1) is 0 Å². The summed E-state index contributed by atoms with van der Waals surface area (Å²) in [7, 11) is 0. The number of hydrogen-bond acceptors (Lipinski definition) is 2. The maximum Gasteiger partial charge on any atom is 0.141 e. The fraction of sp³-hybridized carbons (Fsp3) is 1.00. The second kappa shape index (κ2) is 2.17. The highest BCUT2D eigenvalue weighted by Crippen LogP contribution is 2.39. The Morgan fingerprint density at radius 3 is 1.92 bits per heavy atom. The topological polar surface area (TPSA) is 21.3 Å². The van der Waals surface area contributed by atoms with Crippen molar-refractivity contribution in [2.24, 2.45) is 0 Å². The van der Waals surface area contributed by atoms with Crippen LogP contribution >= 0.6 is 0 Å². The molecule has 2 unspecified atom stereocenters. The molecule has 12 heavy (non-hydrogen) atoms. The van der Waals surface area contributed by atoms with E-state index in [1.165, 1.54) is 0 Å². The van der Waals surface area contributed by atoms with Gasteiger partial charge in [0.1, 0.15) is 12.3 Å². The third-order valence-electron chi connectivity index (χ3n) is 3.23. The maximum atomic E-state index is 13.3. The average Bonchev–Trinajstić information content (AvgIpc) is 2.02. The van der Waals surface area contributed by atoms with Crippen molar-refractivity contribution in [3.8, 4) is 0 Å². The van der Waals surface area contributed by atoms with E-state index < -0.39 is 12.3 Å². The van der Waals surface area contributed by atoms with Gasteiger partial charge in [0.25, 0.3) is 0 Å². The van der Waals surface area contributed by atoms with Gasteiger partial charge in [-0.3, -0.25) is 0 Å². The molecule has 0 amide bonds. The highest BCUT2D eigenvalue weighted by molar-refractivity contribution is 5.08. The van der Waals surface area contributed by atoms with Gasteiger partial charge in [-0.05, 0) is 12.8 Å². The van der Waals surface area contributed by atoms with Crippen molar-refractivity contribution in [3.63, 3.8) is 0 Å². The first-order valence-electron chi connectivity index (χ1n) is 4.45. The summed E-state index contributed by atoms with van der Waals surface area (Å²) in [6, 6.07) is -0.306. The van der Waals surface area contributed by atoms with Crippen molar-refractivity contribution in [2.75, 3.05) is 0 Å². The quantitative estimate of drug-likeness (QED) is 0.581. The van der Waals surface area contributed by atoms with Crippen LogP contribution in [0.3, 0.4) is 0 Å². The standard InChI is InChI=1S/C8H11F2NO/c9-7-3-1-5-8(10)4(11-3)2-6(7)12-5/h3-8,11H,1-2H2/t3-,4-,5-,6-,7?,8?/m1/s1. The molecule has 0 aromatic rings. The normalized spacial score (nSPS) is 62.5. The summed E-state index contributed by atoms with van der Waals surface area (Å²) in [5, 5.41) is 2.98. The number of rotatable bonds is 0. The lowest BCUT2D eigenvalue weighted by molar-refractivity contribution is -0.200. The highest BCUT2D eigenvalue weighted by Gasteiger charge is 2.54. The molecule has 1 N–H and O–H groups in total. The molecule has 4 aliphatic rings. The molecule has 2 nitrogen and oxygen atoms in total. The van der Waals surface area contributed by atoms with Gasteiger partial charge in [0, 0.05) is 12.1 Å². The lowest BCUT2D eigenvalue weighted by Crippen LogP contribution is -2.71. The summed E-state index contributed by atoms with van der Waals surface area (Å²) >= 11 is 0. The summed E-state index contributed by atoms with van der Waals surface area (Å²) in [5.41, 5.74) is 0. The molecule has 6 atom stereocenters. The first-order chi connectivity index (χ1) is 5.75. The number of piperidine rings is 2. The monoisotopic (exact) mass is 175 g/mol. The molecule has 0 aromatic heterocycles. The molecule has 4 heterocycles. The van der Waals surface area contributed by atoms with Crippen molar-refractivity contribution < 1.29 is 13.5 Å². The summed E-state index contributed by atoms with van der Waals surface area (Å²) in [5.74, 6) is 0. The van der Waals surface area contributed by atoms with Gasteiger partial charge in [-0.2, -0.15) is 0 Å². The van der Waals surface area contributed by atoms with Crippen LogP contribution in [0.4, 0.5) is 8.78 Å². The lowest BCUT2D eigenvalue weighted by atomic mass is 9.78. The van der Waals surface area contributed by atoms with E-state index in [1.54, 1.807) is 0 Å². The fourth-order valence-corrected chi connectivity index (χ4v) is 2.62. The smallest absolute Gasteiger partial charge is 0.141 e. The van der Waals surface area contributed by atoms with Crippen molar-refractivity contribution in [3.05, 3.63) is 0 Å². The minimum Gasteiger partial charge on any atom is -0.369 e. The Kier molecular flexibility index (Phi) is 1.31. The van der Waals surface area contributed by atoms with Crippen LogP contribution in [0.15, 0.2) is 0 Å². The van der Waals surface area contributed by atoms with E-state index in [0.717, 1.165) is 0 Å². The Morgan fingerprint density at radius 1 is 1.00 bits per heavy atom. The largest absolute Gasteiger partial charge is 0.369 e. The molecular formula is C8H11F2NO. The minimum atomic E-state index is -0.926. The average molecular weight is 175 g/mol. The second-order valence-corrected chi connectivity index (χ2v) is 3.95. The Labute approximate surface area is 69.3 Å². The number of hydrogen-bond donors (Lipinski definition) is 1. The van der Waals surface area contributed by atoms with Gasteiger partial charge in [0.15, 0.2) is 0 Å². The Morgan fingerprint density at radius 2 is 1.50 bits per heavy atom. The van der Waals surface area contributed by atoms with E-state index in [9.17, 15) is 8.78 Å². The Bertz CT molecular complexity index is 163. The first kappa shape index (κ1) is 7.21. The molecular weight excluding hydrogens is 164 g/mol. The van der Waals surface area contributed by atoms with Crippen molar-refractivity contribution in [2.45, 2.75) is 49.5 Å². The van der Waals surface area contributed by atoms with E-state index in [0.29, 0.717) is 12.8 Å². The third-order valence-corrected chi connectivity index (χ3v) is 3.23. The molecule has 4 aliphatic heterocycles. The summed E-state index contributed by atoms with van der Waals surface area (Å²) in [4.78, 5) is 0. The van der Waals surface area contributed by atoms with Gasteiger partial charge in [0.05, 0.1) is 12.2 Å². The first-order valence-corrected chi connectivity index (χ1v) is 4.45. The molecule has 0 saturated carbocycles. The van der Waals surface area contributed by atoms with Crippen LogP contribution in [0.2, 0.25) is 0 Å². The SMILES string of the molecule is FC1[C@H]2C[C@H]3O[C@@H]1C[C@@H](N2)C3F. The zero-order valence-corrected chi connectivity index (χ0v) is 6.54. The number of nitrogens with one attached hydrogen (secondary N) is 1. The van der Waals surface area contributed by atoms with Gasteiger partial charge < -0.3 is 10.1 Å². The van der Waals surface area contributed by atoms with E-state index in [2.05, 4.69) is 5.32 Å². The van der Waals surface area contributed by atoms with Crippen molar-refractivity contribution >= 4 is 0 Å². The lowest BCUT2D eigenvalue weighted by Gasteiger charge is -2.53. The van der Waals surface area contributed by atoms with Gasteiger partial charge in [0.2, 0.25) is 0 Å². The molecule has 0 aliphatic carbocycles. The van der Waals surface area contributed by atoms with Crippen LogP contribution in [0.25, 0.3) is 0 Å². The zero-order chi connectivity index (χ0) is 8.29. The van der Waals surface area contributed by atoms with Crippen LogP contribution < -0.4 is 5.32 Å². The molecule has 4 fully saturated rings. The van der Waals surface area contributed by atoms with E-state index in [-0.39, 0.29) is 24.3 Å². The Balaban J connectivity index is 1.91. The van der Waals surface area contributed by atoms with Gasteiger partial charge >= 0.3 is 0 Å². The van der Waals surface area contributed by atoms with Crippen LogP contribution in [-0.4, -0.2) is 36.6 Å². The van der Waals surface area contributed by atoms with Crippen LogP contribution in [0.1, 0.15) is 12.8 Å². The van der Waals surface area contributed by atoms with Crippen molar-refractivity contribution in [1.82, 2.24) is 5.32 Å². The molecule has 4 heteroatoms. The Hall–Kier alpha value is -0.220. The zero-order valence-electron chi connectivity index (χ0n) is 6.54. The van der Waals surface area contributed by atoms with Gasteiger partial charge in [-0.1, -0.05) is 0 Å². The molecule has 0 spiro atoms. The third kappa shape index (κ3) is 0.746. The van der Waals surface area contributed by atoms with Crippen LogP contribution in [0.5, 0.6) is 0 Å². The maximum absolute atomic E-state index is 13.3. The molecule has 4 bridgehead atoms. The van der Waals surface area contributed by atoms with Gasteiger partial charge in [-0.25, -0.2) is 8.78 Å². The van der Waals surface area contributed by atoms with Crippen LogP contribution in [0, 0.1) is 0 Å². The molecule has 4 rings (SSSR count). The number of ether oxygens (including phenoxy) is 1. The molecule has 0 radical (unpaired) electrons. The minimum absolute atomic E-state index is 0.153. The van der Waals surface area contributed by atoms with Crippen LogP contribution in [-0.2, 0) is 4.74 Å². The molecule has 0 aromatic carbocycles. The van der Waals surface area contributed by atoms with Crippen molar-refractivity contribution in [1.29, 1.82) is 0 Å². The molecule has 68 valence electrons. The van der Waals surface area contributed by atoms with E-state index in [1.807, 2.05) is 0 Å². The highest BCUT2D eigenvalue weighted by atomic mass is 19.1. The summed E-state index contributed by atoms with van der Waals surface area (Å²) in [6.45, 7) is 0. The number of alkyl halides is 2. The predicted molar refractivity (Wildman–Crippen MR) is 38.4 cm³/mol. The summed E-state index contributed by atoms with van der Waals surface area (Å²) in [6.07, 6.45) is -1.54. The predicted octanol–water partition coefficient (Wildman–Crippen LogP) is 0.564. The number of halogens is 2. The van der Waals surface area contributed by atoms with E-state index >= 15 is 0 Å². The molecule has 4 saturated heterocycles. The van der Waals surface area contributed by atoms with E-state index in [4.69, 9.17) is 4.74 Å².